The normalized spacial score (nSPS) is 16.2. The van der Waals surface area contributed by atoms with E-state index in [4.69, 9.17) is 39.4 Å². The molecule has 0 bridgehead atoms. The van der Waals surface area contributed by atoms with Crippen molar-refractivity contribution in [3.8, 4) is 0 Å². The molecular formula is C3H5Cl3FNO3S2. The van der Waals surface area contributed by atoms with Gasteiger partial charge in [-0.15, -0.1) is 11.6 Å². The Bertz CT molecular complexity index is 264. The molecule has 0 radical (unpaired) electrons. The highest BCUT2D eigenvalue weighted by Gasteiger charge is 2.35. The van der Waals surface area contributed by atoms with Crippen molar-refractivity contribution >= 4 is 57.1 Å². The Kier molecular flexibility index (Phi) is 5.06. The van der Waals surface area contributed by atoms with Crippen LogP contribution in [0.15, 0.2) is 0 Å². The molecule has 0 aromatic carbocycles. The van der Waals surface area contributed by atoms with Gasteiger partial charge in [-0.1, -0.05) is 26.9 Å². The highest BCUT2D eigenvalue weighted by atomic mass is 35.5. The maximum atomic E-state index is 12.5. The van der Waals surface area contributed by atoms with E-state index in [9.17, 15) is 12.8 Å². The summed E-state index contributed by atoms with van der Waals surface area (Å²) in [6.45, 7) is 1.20. The third-order valence-corrected chi connectivity index (χ3v) is 3.82. The fourth-order valence-electron chi connectivity index (χ4n) is 0.405. The molecule has 0 saturated carbocycles. The molecule has 0 fully saturated rings. The summed E-state index contributed by atoms with van der Waals surface area (Å²) >= 11 is 14.9. The van der Waals surface area contributed by atoms with Gasteiger partial charge < -0.3 is 0 Å². The predicted molar refractivity (Wildman–Crippen MR) is 51.8 cm³/mol. The number of rotatable bonds is 4. The zero-order valence-electron chi connectivity index (χ0n) is 6.12. The monoisotopic (exact) mass is 291 g/mol. The fourth-order valence-corrected chi connectivity index (χ4v) is 2.92. The van der Waals surface area contributed by atoms with Crippen LogP contribution >= 0.6 is 46.8 Å². The quantitative estimate of drug-likeness (QED) is 0.374. The molecule has 4 nitrogen and oxygen atoms in total. The van der Waals surface area contributed by atoms with Crippen molar-refractivity contribution in [3.63, 3.8) is 0 Å². The summed E-state index contributed by atoms with van der Waals surface area (Å²) < 4.78 is 39.4. The van der Waals surface area contributed by atoms with Gasteiger partial charge in [-0.05, 0) is 6.92 Å². The van der Waals surface area contributed by atoms with Crippen LogP contribution in [0, 0.1) is 0 Å². The minimum Gasteiger partial charge on any atom is -0.273 e. The second kappa shape index (κ2) is 4.69. The van der Waals surface area contributed by atoms with Crippen LogP contribution in [0.2, 0.25) is 0 Å². The van der Waals surface area contributed by atoms with Crippen LogP contribution in [0.3, 0.4) is 0 Å². The van der Waals surface area contributed by atoms with Crippen molar-refractivity contribution in [1.82, 2.24) is 3.71 Å². The van der Waals surface area contributed by atoms with Crippen LogP contribution in [0.4, 0.5) is 4.39 Å². The third kappa shape index (κ3) is 6.16. The molecule has 0 aliphatic rings. The van der Waals surface area contributed by atoms with Crippen LogP contribution in [0.5, 0.6) is 0 Å². The minimum atomic E-state index is -4.64. The Labute approximate surface area is 94.3 Å². The summed E-state index contributed by atoms with van der Waals surface area (Å²) in [6, 6.07) is 0. The summed E-state index contributed by atoms with van der Waals surface area (Å²) in [4.78, 5) is 0. The molecule has 0 heterocycles. The van der Waals surface area contributed by atoms with E-state index in [1.165, 1.54) is 6.92 Å². The molecule has 0 aromatic rings. The van der Waals surface area contributed by atoms with E-state index in [1.54, 1.807) is 0 Å². The molecule has 0 aliphatic carbocycles. The zero-order chi connectivity index (χ0) is 10.9. The molecule has 1 unspecified atom stereocenters. The van der Waals surface area contributed by atoms with Gasteiger partial charge in [0, 0.05) is 11.9 Å². The van der Waals surface area contributed by atoms with Crippen molar-refractivity contribution in [2.75, 3.05) is 0 Å². The lowest BCUT2D eigenvalue weighted by Gasteiger charge is -2.21. The molecular weight excluding hydrogens is 288 g/mol. The van der Waals surface area contributed by atoms with E-state index in [0.717, 1.165) is 0 Å². The molecule has 13 heavy (non-hydrogen) atoms. The van der Waals surface area contributed by atoms with Crippen LogP contribution in [-0.4, -0.2) is 26.1 Å². The van der Waals surface area contributed by atoms with Gasteiger partial charge >= 0.3 is 14.2 Å². The van der Waals surface area contributed by atoms with Gasteiger partial charge in [-0.25, -0.2) is 0 Å². The van der Waals surface area contributed by atoms with E-state index in [2.05, 4.69) is 0 Å². The molecule has 0 rings (SSSR count). The largest absolute Gasteiger partial charge is 0.346 e. The van der Waals surface area contributed by atoms with Gasteiger partial charge in [-0.2, -0.15) is 12.8 Å². The maximum absolute atomic E-state index is 12.5. The average molecular weight is 293 g/mol. The first-order chi connectivity index (χ1) is 5.54. The molecule has 1 atom stereocenters. The topological polar surface area (TPSA) is 57.6 Å². The number of nitrogens with zero attached hydrogens (tertiary/aromatic N) is 1. The second-order valence-corrected chi connectivity index (χ2v) is 6.82. The summed E-state index contributed by atoms with van der Waals surface area (Å²) in [7, 11) is -4.64. The van der Waals surface area contributed by atoms with E-state index in [1.807, 2.05) is 0 Å². The van der Waals surface area contributed by atoms with E-state index >= 15 is 0 Å². The molecule has 0 spiro atoms. The number of hydrogen-bond acceptors (Lipinski definition) is 3. The first kappa shape index (κ1) is 14.0. The van der Waals surface area contributed by atoms with Gasteiger partial charge in [0.2, 0.25) is 0 Å². The first-order valence-corrected chi connectivity index (χ1v) is 6.07. The van der Waals surface area contributed by atoms with Gasteiger partial charge in [0.15, 0.2) is 0 Å². The van der Waals surface area contributed by atoms with E-state index in [0.29, 0.717) is 0 Å². The third-order valence-electron chi connectivity index (χ3n) is 0.711. The summed E-state index contributed by atoms with van der Waals surface area (Å²) in [5.41, 5.74) is -1.19. The fraction of sp³-hybridized carbons (Fsp3) is 1.00. The predicted octanol–water partition coefficient (Wildman–Crippen LogP) is 2.38. The Hall–Kier alpha value is 1.02. The van der Waals surface area contributed by atoms with Crippen LogP contribution in [0.25, 0.3) is 0 Å². The molecule has 0 aromatic heterocycles. The first-order valence-electron chi connectivity index (χ1n) is 2.71. The van der Waals surface area contributed by atoms with E-state index < -0.39 is 19.7 Å². The molecule has 1 N–H and O–H groups in total. The van der Waals surface area contributed by atoms with Gasteiger partial charge in [0.1, 0.15) is 5.50 Å². The number of halogens is 4. The Morgan fingerprint density at radius 3 is 2.08 bits per heavy atom. The SMILES string of the molecule is CC(Cl)N(SC(F)(Cl)Cl)S(=O)(=O)O. The van der Waals surface area contributed by atoms with Crippen molar-refractivity contribution in [1.29, 1.82) is 0 Å². The van der Waals surface area contributed by atoms with Gasteiger partial charge in [-0.3, -0.25) is 4.55 Å². The number of hydrogen-bond donors (Lipinski definition) is 1. The molecule has 0 saturated heterocycles. The number of alkyl halides is 4. The lowest BCUT2D eigenvalue weighted by atomic mass is 10.8. The lowest BCUT2D eigenvalue weighted by Crippen LogP contribution is -2.31. The summed E-state index contributed by atoms with van der Waals surface area (Å²) in [5.74, 6) is 0. The van der Waals surface area contributed by atoms with Crippen molar-refractivity contribution < 1.29 is 17.4 Å². The van der Waals surface area contributed by atoms with Crippen molar-refractivity contribution in [3.05, 3.63) is 0 Å². The Morgan fingerprint density at radius 2 is 2.00 bits per heavy atom. The summed E-state index contributed by atoms with van der Waals surface area (Å²) in [6.07, 6.45) is 0. The van der Waals surface area contributed by atoms with Gasteiger partial charge in [0.05, 0.1) is 0 Å². The van der Waals surface area contributed by atoms with E-state index in [-0.39, 0.29) is 15.7 Å². The Balaban J connectivity index is 4.67. The molecule has 10 heteroatoms. The molecule has 0 aliphatic heterocycles. The highest BCUT2D eigenvalue weighted by molar-refractivity contribution is 8.09. The highest BCUT2D eigenvalue weighted by Crippen LogP contribution is 2.41. The smallest absolute Gasteiger partial charge is 0.273 e. The maximum Gasteiger partial charge on any atom is 0.346 e. The zero-order valence-corrected chi connectivity index (χ0v) is 10.0. The van der Waals surface area contributed by atoms with Crippen molar-refractivity contribution in [2.24, 2.45) is 0 Å². The standard InChI is InChI=1S/C3H5Cl3FNO3S2/c1-2(4)8(13(9,10)11)12-3(5,6)7/h2H,1H3,(H,9,10,11). The lowest BCUT2D eigenvalue weighted by molar-refractivity contribution is 0.424. The Morgan fingerprint density at radius 1 is 1.62 bits per heavy atom. The second-order valence-electron chi connectivity index (χ2n) is 1.84. The molecule has 80 valence electrons. The van der Waals surface area contributed by atoms with Crippen LogP contribution < -0.4 is 0 Å². The average Bonchev–Trinajstić information content (AvgIpc) is 1.77. The minimum absolute atomic E-state index is 0.133. The van der Waals surface area contributed by atoms with Gasteiger partial charge in [0.25, 0.3) is 0 Å². The van der Waals surface area contributed by atoms with Crippen LogP contribution in [0.1, 0.15) is 6.92 Å². The summed E-state index contributed by atoms with van der Waals surface area (Å²) in [5, 5.41) is 0. The van der Waals surface area contributed by atoms with Crippen molar-refractivity contribution in [2.45, 2.75) is 16.3 Å². The van der Waals surface area contributed by atoms with Crippen LogP contribution in [-0.2, 0) is 10.3 Å². The molecule has 0 amide bonds.